The number of carbonyl (C=O) groups is 1. The maximum atomic E-state index is 12.1. The first kappa shape index (κ1) is 12.0. The van der Waals surface area contributed by atoms with Crippen molar-refractivity contribution in [3.63, 3.8) is 0 Å². The van der Waals surface area contributed by atoms with E-state index in [4.69, 9.17) is 5.73 Å². The van der Waals surface area contributed by atoms with Gasteiger partial charge in [-0.25, -0.2) is 0 Å². The van der Waals surface area contributed by atoms with Crippen LogP contribution in [0.2, 0.25) is 0 Å². The molecule has 0 aliphatic heterocycles. The van der Waals surface area contributed by atoms with Crippen LogP contribution < -0.4 is 5.73 Å². The van der Waals surface area contributed by atoms with Gasteiger partial charge in [0.25, 0.3) is 0 Å². The molecule has 0 atom stereocenters. The lowest BCUT2D eigenvalue weighted by Crippen LogP contribution is -2.37. The van der Waals surface area contributed by atoms with Crippen molar-refractivity contribution in [1.82, 2.24) is 4.90 Å². The number of benzene rings is 1. The van der Waals surface area contributed by atoms with Gasteiger partial charge in [-0.2, -0.15) is 0 Å². The molecule has 3 heteroatoms. The molecule has 0 bridgehead atoms. The van der Waals surface area contributed by atoms with E-state index in [-0.39, 0.29) is 17.9 Å². The van der Waals surface area contributed by atoms with Crippen LogP contribution in [0.4, 0.5) is 5.69 Å². The molecule has 3 nitrogen and oxygen atoms in total. The number of hydrogen-bond donors (Lipinski definition) is 1. The summed E-state index contributed by atoms with van der Waals surface area (Å²) in [5, 5.41) is 0. The van der Waals surface area contributed by atoms with Gasteiger partial charge in [0.15, 0.2) is 0 Å². The Hall–Kier alpha value is -1.51. The number of rotatable bonds is 4. The molecule has 0 heterocycles. The second-order valence-electron chi connectivity index (χ2n) is 5.03. The standard InChI is InChI=1S/C14H20N2O/c1-10(2)16(14(17)11-7-8-11)9-12-5-3-4-6-13(12)15/h3-6,10-11H,7-9,15H2,1-2H3. The van der Waals surface area contributed by atoms with E-state index < -0.39 is 0 Å². The van der Waals surface area contributed by atoms with Gasteiger partial charge in [0.2, 0.25) is 5.91 Å². The summed E-state index contributed by atoms with van der Waals surface area (Å²) < 4.78 is 0. The summed E-state index contributed by atoms with van der Waals surface area (Å²) in [6.45, 7) is 4.73. The lowest BCUT2D eigenvalue weighted by atomic mass is 10.1. The van der Waals surface area contributed by atoms with Crippen LogP contribution >= 0.6 is 0 Å². The maximum Gasteiger partial charge on any atom is 0.226 e. The molecule has 1 saturated carbocycles. The molecule has 17 heavy (non-hydrogen) atoms. The third-order valence-electron chi connectivity index (χ3n) is 3.23. The Morgan fingerprint density at radius 1 is 1.41 bits per heavy atom. The molecular weight excluding hydrogens is 212 g/mol. The number of anilines is 1. The van der Waals surface area contributed by atoms with Crippen LogP contribution in [0.5, 0.6) is 0 Å². The Kier molecular flexibility index (Phi) is 3.36. The molecule has 1 aromatic rings. The Bertz CT molecular complexity index is 410. The average molecular weight is 232 g/mol. The van der Waals surface area contributed by atoms with Gasteiger partial charge in [0, 0.05) is 24.2 Å². The second-order valence-corrected chi connectivity index (χ2v) is 5.03. The normalized spacial score (nSPS) is 15.0. The van der Waals surface area contributed by atoms with Crippen LogP contribution in [0, 0.1) is 5.92 Å². The summed E-state index contributed by atoms with van der Waals surface area (Å²) in [5.74, 6) is 0.547. The van der Waals surface area contributed by atoms with Gasteiger partial charge in [-0.3, -0.25) is 4.79 Å². The molecule has 2 N–H and O–H groups in total. The second kappa shape index (κ2) is 4.78. The quantitative estimate of drug-likeness (QED) is 0.810. The van der Waals surface area contributed by atoms with Gasteiger partial charge >= 0.3 is 0 Å². The van der Waals surface area contributed by atoms with E-state index in [1.165, 1.54) is 0 Å². The van der Waals surface area contributed by atoms with Crippen LogP contribution in [0.1, 0.15) is 32.3 Å². The average Bonchev–Trinajstić information content (AvgIpc) is 3.10. The van der Waals surface area contributed by atoms with E-state index in [2.05, 4.69) is 13.8 Å². The van der Waals surface area contributed by atoms with Crippen molar-refractivity contribution >= 4 is 11.6 Å². The minimum Gasteiger partial charge on any atom is -0.398 e. The first-order chi connectivity index (χ1) is 8.09. The lowest BCUT2D eigenvalue weighted by Gasteiger charge is -2.27. The van der Waals surface area contributed by atoms with Crippen molar-refractivity contribution in [3.8, 4) is 0 Å². The predicted molar refractivity (Wildman–Crippen MR) is 69.3 cm³/mol. The highest BCUT2D eigenvalue weighted by Crippen LogP contribution is 2.32. The Balaban J connectivity index is 2.12. The van der Waals surface area contributed by atoms with Crippen molar-refractivity contribution in [3.05, 3.63) is 29.8 Å². The number of hydrogen-bond acceptors (Lipinski definition) is 2. The summed E-state index contributed by atoms with van der Waals surface area (Å²) in [7, 11) is 0. The van der Waals surface area contributed by atoms with E-state index in [1.54, 1.807) is 0 Å². The van der Waals surface area contributed by atoms with E-state index in [9.17, 15) is 4.79 Å². The predicted octanol–water partition coefficient (Wildman–Crippen LogP) is 2.42. The fourth-order valence-electron chi connectivity index (χ4n) is 1.94. The maximum absolute atomic E-state index is 12.1. The van der Waals surface area contributed by atoms with Gasteiger partial charge < -0.3 is 10.6 Å². The lowest BCUT2D eigenvalue weighted by molar-refractivity contribution is -0.134. The van der Waals surface area contributed by atoms with Crippen molar-refractivity contribution in [2.45, 2.75) is 39.3 Å². The number of para-hydroxylation sites is 1. The van der Waals surface area contributed by atoms with E-state index in [0.29, 0.717) is 6.54 Å². The molecule has 0 aromatic heterocycles. The highest BCUT2D eigenvalue weighted by Gasteiger charge is 2.34. The molecule has 1 fully saturated rings. The summed E-state index contributed by atoms with van der Waals surface area (Å²) in [6, 6.07) is 7.98. The van der Waals surface area contributed by atoms with Crippen molar-refractivity contribution in [1.29, 1.82) is 0 Å². The van der Waals surface area contributed by atoms with Crippen LogP contribution in [-0.4, -0.2) is 16.8 Å². The monoisotopic (exact) mass is 232 g/mol. The summed E-state index contributed by atoms with van der Waals surface area (Å²) in [6.07, 6.45) is 2.10. The number of nitrogens with two attached hydrogens (primary N) is 1. The van der Waals surface area contributed by atoms with Crippen LogP contribution in [-0.2, 0) is 11.3 Å². The van der Waals surface area contributed by atoms with Crippen LogP contribution in [0.15, 0.2) is 24.3 Å². The molecule has 1 aliphatic rings. The fourth-order valence-corrected chi connectivity index (χ4v) is 1.94. The molecule has 1 aliphatic carbocycles. The SMILES string of the molecule is CC(C)N(Cc1ccccc1N)C(=O)C1CC1. The zero-order valence-corrected chi connectivity index (χ0v) is 10.5. The Morgan fingerprint density at radius 3 is 2.59 bits per heavy atom. The van der Waals surface area contributed by atoms with Gasteiger partial charge in [-0.15, -0.1) is 0 Å². The smallest absolute Gasteiger partial charge is 0.226 e. The molecule has 2 rings (SSSR count). The molecule has 92 valence electrons. The third-order valence-corrected chi connectivity index (χ3v) is 3.23. The minimum atomic E-state index is 0.225. The molecule has 0 saturated heterocycles. The van der Waals surface area contributed by atoms with E-state index in [0.717, 1.165) is 24.1 Å². The minimum absolute atomic E-state index is 0.225. The molecule has 0 radical (unpaired) electrons. The number of nitrogen functional groups attached to an aromatic ring is 1. The molecule has 1 aromatic carbocycles. The first-order valence-corrected chi connectivity index (χ1v) is 6.23. The summed E-state index contributed by atoms with van der Waals surface area (Å²) in [4.78, 5) is 14.1. The van der Waals surface area contributed by atoms with Crippen LogP contribution in [0.25, 0.3) is 0 Å². The van der Waals surface area contributed by atoms with Crippen LogP contribution in [0.3, 0.4) is 0 Å². The van der Waals surface area contributed by atoms with E-state index in [1.807, 2.05) is 29.2 Å². The van der Waals surface area contributed by atoms with Gasteiger partial charge in [0.05, 0.1) is 0 Å². The molecule has 0 spiro atoms. The molecule has 0 unspecified atom stereocenters. The topological polar surface area (TPSA) is 46.3 Å². The zero-order chi connectivity index (χ0) is 12.4. The third kappa shape index (κ3) is 2.78. The Morgan fingerprint density at radius 2 is 2.06 bits per heavy atom. The van der Waals surface area contributed by atoms with Crippen molar-refractivity contribution < 1.29 is 4.79 Å². The van der Waals surface area contributed by atoms with Crippen molar-refractivity contribution in [2.75, 3.05) is 5.73 Å². The van der Waals surface area contributed by atoms with Crippen molar-refractivity contribution in [2.24, 2.45) is 5.92 Å². The highest BCUT2D eigenvalue weighted by molar-refractivity contribution is 5.81. The number of nitrogens with zero attached hydrogens (tertiary/aromatic N) is 1. The van der Waals surface area contributed by atoms with Gasteiger partial charge in [-0.05, 0) is 38.3 Å². The number of amides is 1. The first-order valence-electron chi connectivity index (χ1n) is 6.23. The van der Waals surface area contributed by atoms with E-state index >= 15 is 0 Å². The zero-order valence-electron chi connectivity index (χ0n) is 10.5. The fraction of sp³-hybridized carbons (Fsp3) is 0.500. The molecular formula is C14H20N2O. The largest absolute Gasteiger partial charge is 0.398 e. The summed E-state index contributed by atoms with van der Waals surface area (Å²) in [5.41, 5.74) is 7.73. The highest BCUT2D eigenvalue weighted by atomic mass is 16.2. The Labute approximate surface area is 103 Å². The summed E-state index contributed by atoms with van der Waals surface area (Å²) >= 11 is 0. The number of carbonyl (C=O) groups excluding carboxylic acids is 1. The molecule has 1 amide bonds. The van der Waals surface area contributed by atoms with Gasteiger partial charge in [-0.1, -0.05) is 18.2 Å². The van der Waals surface area contributed by atoms with Gasteiger partial charge in [0.1, 0.15) is 0 Å².